The van der Waals surface area contributed by atoms with Crippen LogP contribution in [0.2, 0.25) is 0 Å². The third-order valence-electron chi connectivity index (χ3n) is 4.05. The Labute approximate surface area is 126 Å². The van der Waals surface area contributed by atoms with Gasteiger partial charge in [0.05, 0.1) is 6.42 Å². The van der Waals surface area contributed by atoms with E-state index in [1.807, 2.05) is 29.2 Å². The normalized spacial score (nSPS) is 18.4. The Balaban J connectivity index is 1.96. The molecule has 4 nitrogen and oxygen atoms in total. The number of anilines is 1. The van der Waals surface area contributed by atoms with Crippen molar-refractivity contribution in [2.45, 2.75) is 52.0 Å². The average Bonchev–Trinajstić information content (AvgIpc) is 2.48. The quantitative estimate of drug-likeness (QED) is 0.926. The molecular formula is C17H24N2O2. The topological polar surface area (TPSA) is 49.4 Å². The second-order valence-corrected chi connectivity index (χ2v) is 5.70. The molecule has 0 aromatic heterocycles. The largest absolute Gasteiger partial charge is 0.339 e. The van der Waals surface area contributed by atoms with E-state index < -0.39 is 0 Å². The third-order valence-corrected chi connectivity index (χ3v) is 4.05. The van der Waals surface area contributed by atoms with Crippen molar-refractivity contribution in [1.29, 1.82) is 0 Å². The molecule has 0 radical (unpaired) electrons. The molecule has 4 heteroatoms. The van der Waals surface area contributed by atoms with Crippen molar-refractivity contribution >= 4 is 17.5 Å². The summed E-state index contributed by atoms with van der Waals surface area (Å²) >= 11 is 0. The maximum absolute atomic E-state index is 12.5. The predicted octanol–water partition coefficient (Wildman–Crippen LogP) is 2.98. The van der Waals surface area contributed by atoms with Gasteiger partial charge in [0.15, 0.2) is 0 Å². The van der Waals surface area contributed by atoms with Gasteiger partial charge in [-0.15, -0.1) is 0 Å². The van der Waals surface area contributed by atoms with Crippen LogP contribution in [0.25, 0.3) is 0 Å². The van der Waals surface area contributed by atoms with Crippen LogP contribution in [0.5, 0.6) is 0 Å². The van der Waals surface area contributed by atoms with Crippen molar-refractivity contribution in [1.82, 2.24) is 4.90 Å². The molecule has 1 N–H and O–H groups in total. The monoisotopic (exact) mass is 288 g/mol. The van der Waals surface area contributed by atoms with Crippen LogP contribution in [0.4, 0.5) is 5.69 Å². The van der Waals surface area contributed by atoms with E-state index in [0.29, 0.717) is 12.5 Å². The average molecular weight is 288 g/mol. The molecule has 1 fully saturated rings. The molecule has 0 bridgehead atoms. The van der Waals surface area contributed by atoms with Crippen molar-refractivity contribution < 1.29 is 9.59 Å². The minimum absolute atomic E-state index is 0.0852. The SMILES string of the molecule is CCC1CCCCN1C(=O)Cc1ccc(NC(C)=O)cc1. The second-order valence-electron chi connectivity index (χ2n) is 5.70. The zero-order valence-electron chi connectivity index (χ0n) is 12.9. The van der Waals surface area contributed by atoms with Crippen molar-refractivity contribution in [3.63, 3.8) is 0 Å². The predicted molar refractivity (Wildman–Crippen MR) is 84.1 cm³/mol. The number of amides is 2. The summed E-state index contributed by atoms with van der Waals surface area (Å²) in [6, 6.07) is 7.92. The number of nitrogens with zero attached hydrogens (tertiary/aromatic N) is 1. The van der Waals surface area contributed by atoms with Gasteiger partial charge in [-0.1, -0.05) is 19.1 Å². The Morgan fingerprint density at radius 3 is 2.57 bits per heavy atom. The van der Waals surface area contributed by atoms with E-state index in [9.17, 15) is 9.59 Å². The zero-order valence-corrected chi connectivity index (χ0v) is 12.9. The second kappa shape index (κ2) is 7.25. The number of carbonyl (C=O) groups excluding carboxylic acids is 2. The first-order valence-electron chi connectivity index (χ1n) is 7.76. The van der Waals surface area contributed by atoms with Gasteiger partial charge in [-0.05, 0) is 43.4 Å². The van der Waals surface area contributed by atoms with Gasteiger partial charge in [-0.2, -0.15) is 0 Å². The molecule has 1 aliphatic heterocycles. The molecule has 1 aromatic rings. The first-order valence-corrected chi connectivity index (χ1v) is 7.76. The smallest absolute Gasteiger partial charge is 0.227 e. The first-order chi connectivity index (χ1) is 10.1. The van der Waals surface area contributed by atoms with E-state index in [-0.39, 0.29) is 11.8 Å². The van der Waals surface area contributed by atoms with E-state index in [4.69, 9.17) is 0 Å². The summed E-state index contributed by atoms with van der Waals surface area (Å²) in [6.45, 7) is 4.53. The van der Waals surface area contributed by atoms with Crippen LogP contribution in [-0.2, 0) is 16.0 Å². The lowest BCUT2D eigenvalue weighted by Gasteiger charge is -2.35. The summed E-state index contributed by atoms with van der Waals surface area (Å²) in [5, 5.41) is 2.73. The van der Waals surface area contributed by atoms with E-state index in [0.717, 1.165) is 37.1 Å². The fraction of sp³-hybridized carbons (Fsp3) is 0.529. The fourth-order valence-corrected chi connectivity index (χ4v) is 2.94. The molecule has 1 aliphatic rings. The van der Waals surface area contributed by atoms with Crippen LogP contribution in [0, 0.1) is 0 Å². The van der Waals surface area contributed by atoms with Crippen LogP contribution in [0.15, 0.2) is 24.3 Å². The number of hydrogen-bond acceptors (Lipinski definition) is 2. The maximum Gasteiger partial charge on any atom is 0.227 e. The van der Waals surface area contributed by atoms with Crippen molar-refractivity contribution in [2.75, 3.05) is 11.9 Å². The molecular weight excluding hydrogens is 264 g/mol. The number of hydrogen-bond donors (Lipinski definition) is 1. The highest BCUT2D eigenvalue weighted by molar-refractivity contribution is 5.88. The number of piperidine rings is 1. The highest BCUT2D eigenvalue weighted by Gasteiger charge is 2.24. The van der Waals surface area contributed by atoms with Crippen LogP contribution in [-0.4, -0.2) is 29.3 Å². The Morgan fingerprint density at radius 2 is 1.95 bits per heavy atom. The lowest BCUT2D eigenvalue weighted by Crippen LogP contribution is -2.44. The molecule has 1 aromatic carbocycles. The number of benzene rings is 1. The zero-order chi connectivity index (χ0) is 15.2. The minimum Gasteiger partial charge on any atom is -0.339 e. The lowest BCUT2D eigenvalue weighted by molar-refractivity contribution is -0.134. The molecule has 0 spiro atoms. The first kappa shape index (κ1) is 15.5. The van der Waals surface area contributed by atoms with Gasteiger partial charge in [-0.25, -0.2) is 0 Å². The molecule has 0 saturated carbocycles. The molecule has 2 amide bonds. The minimum atomic E-state index is -0.0852. The van der Waals surface area contributed by atoms with Gasteiger partial charge in [0, 0.05) is 25.2 Å². The molecule has 1 atom stereocenters. The van der Waals surface area contributed by atoms with E-state index in [1.165, 1.54) is 13.3 Å². The van der Waals surface area contributed by atoms with Crippen LogP contribution in [0.1, 0.15) is 45.1 Å². The Bertz CT molecular complexity index is 496. The standard InChI is InChI=1S/C17H24N2O2/c1-3-16-6-4-5-11-19(16)17(21)12-14-7-9-15(10-8-14)18-13(2)20/h7-10,16H,3-6,11-12H2,1-2H3,(H,18,20). The summed E-state index contributed by atoms with van der Waals surface area (Å²) in [5.74, 6) is 0.131. The molecule has 21 heavy (non-hydrogen) atoms. The van der Waals surface area contributed by atoms with E-state index in [1.54, 1.807) is 0 Å². The van der Waals surface area contributed by atoms with Gasteiger partial charge in [-0.3, -0.25) is 9.59 Å². The van der Waals surface area contributed by atoms with Crippen LogP contribution < -0.4 is 5.32 Å². The molecule has 1 heterocycles. The van der Waals surface area contributed by atoms with Crippen molar-refractivity contribution in [3.05, 3.63) is 29.8 Å². The molecule has 0 aliphatic carbocycles. The highest BCUT2D eigenvalue weighted by atomic mass is 16.2. The summed E-state index contributed by atoms with van der Waals surface area (Å²) < 4.78 is 0. The number of rotatable bonds is 4. The summed E-state index contributed by atoms with van der Waals surface area (Å²) in [7, 11) is 0. The van der Waals surface area contributed by atoms with Gasteiger partial charge in [0.2, 0.25) is 11.8 Å². The third kappa shape index (κ3) is 4.31. The van der Waals surface area contributed by atoms with Gasteiger partial charge in [0.1, 0.15) is 0 Å². The summed E-state index contributed by atoms with van der Waals surface area (Å²) in [5.41, 5.74) is 1.76. The Morgan fingerprint density at radius 1 is 1.24 bits per heavy atom. The van der Waals surface area contributed by atoms with E-state index in [2.05, 4.69) is 12.2 Å². The van der Waals surface area contributed by atoms with Crippen molar-refractivity contribution in [3.8, 4) is 0 Å². The number of likely N-dealkylation sites (tertiary alicyclic amines) is 1. The van der Waals surface area contributed by atoms with Gasteiger partial charge < -0.3 is 10.2 Å². The molecule has 1 unspecified atom stereocenters. The van der Waals surface area contributed by atoms with E-state index >= 15 is 0 Å². The lowest BCUT2D eigenvalue weighted by atomic mass is 9.99. The highest BCUT2D eigenvalue weighted by Crippen LogP contribution is 2.21. The Kier molecular flexibility index (Phi) is 5.37. The van der Waals surface area contributed by atoms with Crippen LogP contribution >= 0.6 is 0 Å². The van der Waals surface area contributed by atoms with Gasteiger partial charge >= 0.3 is 0 Å². The van der Waals surface area contributed by atoms with Crippen LogP contribution in [0.3, 0.4) is 0 Å². The fourth-order valence-electron chi connectivity index (χ4n) is 2.94. The summed E-state index contributed by atoms with van der Waals surface area (Å²) in [4.78, 5) is 25.5. The molecule has 2 rings (SSSR count). The maximum atomic E-state index is 12.5. The molecule has 1 saturated heterocycles. The molecule has 114 valence electrons. The van der Waals surface area contributed by atoms with Gasteiger partial charge in [0.25, 0.3) is 0 Å². The number of carbonyl (C=O) groups is 2. The number of nitrogens with one attached hydrogen (secondary N) is 1. The Hall–Kier alpha value is -1.84. The summed E-state index contributed by atoms with van der Waals surface area (Å²) in [6.07, 6.45) is 4.95. The van der Waals surface area contributed by atoms with Crippen molar-refractivity contribution in [2.24, 2.45) is 0 Å².